The standard InChI is InChI=1S/C12H14BrFO2/c13-11(10-6-2-1-3-7-10)16-12(14)8-4-5-9-15-12/h1-3,6-7,11H,4-5,8-9H2. The van der Waals surface area contributed by atoms with Crippen molar-refractivity contribution >= 4 is 15.9 Å². The van der Waals surface area contributed by atoms with Crippen LogP contribution in [0.2, 0.25) is 0 Å². The van der Waals surface area contributed by atoms with E-state index in [1.807, 2.05) is 30.3 Å². The largest absolute Gasteiger partial charge is 0.324 e. The summed E-state index contributed by atoms with van der Waals surface area (Å²) in [5.74, 6) is 0. The first-order chi connectivity index (χ1) is 7.70. The van der Waals surface area contributed by atoms with Gasteiger partial charge >= 0.3 is 6.04 Å². The van der Waals surface area contributed by atoms with Gasteiger partial charge in [-0.3, -0.25) is 0 Å². The zero-order valence-electron chi connectivity index (χ0n) is 8.86. The van der Waals surface area contributed by atoms with Crippen LogP contribution >= 0.6 is 15.9 Å². The molecule has 0 aliphatic carbocycles. The second-order valence-electron chi connectivity index (χ2n) is 3.81. The number of benzene rings is 1. The lowest BCUT2D eigenvalue weighted by Gasteiger charge is -2.31. The highest BCUT2D eigenvalue weighted by Crippen LogP contribution is 2.36. The Labute approximate surface area is 103 Å². The highest BCUT2D eigenvalue weighted by molar-refractivity contribution is 9.09. The van der Waals surface area contributed by atoms with Crippen molar-refractivity contribution in [3.05, 3.63) is 35.9 Å². The minimum atomic E-state index is -1.94. The third-order valence-electron chi connectivity index (χ3n) is 2.53. The molecule has 1 aliphatic rings. The monoisotopic (exact) mass is 288 g/mol. The van der Waals surface area contributed by atoms with E-state index in [1.54, 1.807) is 0 Å². The second kappa shape index (κ2) is 5.25. The van der Waals surface area contributed by atoms with Crippen molar-refractivity contribution in [2.75, 3.05) is 6.61 Å². The molecule has 0 radical (unpaired) electrons. The van der Waals surface area contributed by atoms with E-state index in [-0.39, 0.29) is 0 Å². The second-order valence-corrected chi connectivity index (χ2v) is 4.64. The fourth-order valence-corrected chi connectivity index (χ4v) is 2.24. The zero-order chi connectivity index (χ0) is 11.4. The van der Waals surface area contributed by atoms with Crippen LogP contribution in [0.25, 0.3) is 0 Å². The van der Waals surface area contributed by atoms with E-state index < -0.39 is 11.1 Å². The van der Waals surface area contributed by atoms with Crippen molar-refractivity contribution in [2.45, 2.75) is 30.3 Å². The molecule has 88 valence electrons. The molecule has 1 aliphatic heterocycles. The highest BCUT2D eigenvalue weighted by Gasteiger charge is 2.36. The first kappa shape index (κ1) is 12.0. The summed E-state index contributed by atoms with van der Waals surface area (Å²) in [7, 11) is 0. The van der Waals surface area contributed by atoms with Crippen molar-refractivity contribution in [2.24, 2.45) is 0 Å². The van der Waals surface area contributed by atoms with E-state index in [0.717, 1.165) is 18.4 Å². The Balaban J connectivity index is 1.98. The molecule has 2 rings (SSSR count). The van der Waals surface area contributed by atoms with Gasteiger partial charge in [-0.25, -0.2) is 0 Å². The first-order valence-corrected chi connectivity index (χ1v) is 6.31. The smallest absolute Gasteiger partial charge is 0.321 e. The molecule has 4 heteroatoms. The molecule has 0 saturated carbocycles. The number of ether oxygens (including phenoxy) is 2. The molecule has 2 atom stereocenters. The van der Waals surface area contributed by atoms with E-state index in [1.165, 1.54) is 0 Å². The average Bonchev–Trinajstić information content (AvgIpc) is 2.30. The van der Waals surface area contributed by atoms with Gasteiger partial charge in [-0.1, -0.05) is 46.3 Å². The van der Waals surface area contributed by atoms with Gasteiger partial charge in [0.25, 0.3) is 0 Å². The first-order valence-electron chi connectivity index (χ1n) is 5.39. The van der Waals surface area contributed by atoms with Gasteiger partial charge < -0.3 is 9.47 Å². The lowest BCUT2D eigenvalue weighted by atomic mass is 10.2. The third-order valence-corrected chi connectivity index (χ3v) is 3.24. The molecule has 2 nitrogen and oxygen atoms in total. The van der Waals surface area contributed by atoms with Crippen LogP contribution in [-0.4, -0.2) is 12.6 Å². The predicted molar refractivity (Wildman–Crippen MR) is 62.8 cm³/mol. The Morgan fingerprint density at radius 1 is 1.31 bits per heavy atom. The Morgan fingerprint density at radius 3 is 2.69 bits per heavy atom. The predicted octanol–water partition coefficient (Wildman–Crippen LogP) is 3.92. The van der Waals surface area contributed by atoms with E-state index >= 15 is 0 Å². The maximum absolute atomic E-state index is 14.0. The van der Waals surface area contributed by atoms with Gasteiger partial charge in [0, 0.05) is 6.42 Å². The summed E-state index contributed by atoms with van der Waals surface area (Å²) in [5, 5.41) is -0.475. The van der Waals surface area contributed by atoms with E-state index in [4.69, 9.17) is 9.47 Å². The van der Waals surface area contributed by atoms with Crippen LogP contribution in [0.5, 0.6) is 0 Å². The van der Waals surface area contributed by atoms with Gasteiger partial charge in [-0.05, 0) is 18.4 Å². The molecule has 0 amide bonds. The van der Waals surface area contributed by atoms with Crippen LogP contribution in [-0.2, 0) is 9.47 Å². The summed E-state index contributed by atoms with van der Waals surface area (Å²) in [6.07, 6.45) is 1.99. The topological polar surface area (TPSA) is 18.5 Å². The third kappa shape index (κ3) is 3.03. The van der Waals surface area contributed by atoms with Crippen molar-refractivity contribution in [3.8, 4) is 0 Å². The van der Waals surface area contributed by atoms with Gasteiger partial charge in [-0.2, -0.15) is 4.39 Å². The van der Waals surface area contributed by atoms with Crippen LogP contribution < -0.4 is 0 Å². The number of hydrogen-bond donors (Lipinski definition) is 0. The van der Waals surface area contributed by atoms with Crippen LogP contribution in [0.1, 0.15) is 29.8 Å². The molecule has 0 N–H and O–H groups in total. The molecule has 0 aromatic heterocycles. The number of hydrogen-bond acceptors (Lipinski definition) is 2. The van der Waals surface area contributed by atoms with Crippen LogP contribution in [0, 0.1) is 0 Å². The number of rotatable bonds is 3. The molecule has 1 aromatic rings. The normalized spacial score (nSPS) is 27.6. The maximum atomic E-state index is 14.0. The van der Waals surface area contributed by atoms with E-state index in [0.29, 0.717) is 13.0 Å². The van der Waals surface area contributed by atoms with Crippen molar-refractivity contribution in [1.82, 2.24) is 0 Å². The Morgan fingerprint density at radius 2 is 2.06 bits per heavy atom. The van der Waals surface area contributed by atoms with Gasteiger partial charge in [0.1, 0.15) is 5.01 Å². The fourth-order valence-electron chi connectivity index (χ4n) is 1.65. The summed E-state index contributed by atoms with van der Waals surface area (Å²) in [5.41, 5.74) is 0.883. The van der Waals surface area contributed by atoms with Crippen molar-refractivity contribution in [3.63, 3.8) is 0 Å². The fraction of sp³-hybridized carbons (Fsp3) is 0.500. The number of alkyl halides is 2. The van der Waals surface area contributed by atoms with Crippen LogP contribution in [0.15, 0.2) is 30.3 Å². The molecule has 16 heavy (non-hydrogen) atoms. The quantitative estimate of drug-likeness (QED) is 0.785. The van der Waals surface area contributed by atoms with E-state index in [2.05, 4.69) is 15.9 Å². The average molecular weight is 289 g/mol. The molecule has 1 heterocycles. The highest BCUT2D eigenvalue weighted by atomic mass is 79.9. The lowest BCUT2D eigenvalue weighted by Crippen LogP contribution is -2.34. The molecule has 2 unspecified atom stereocenters. The van der Waals surface area contributed by atoms with Gasteiger partial charge in [0.2, 0.25) is 0 Å². The molecule has 0 spiro atoms. The van der Waals surface area contributed by atoms with Gasteiger partial charge in [0.05, 0.1) is 6.61 Å². The van der Waals surface area contributed by atoms with Crippen molar-refractivity contribution < 1.29 is 13.9 Å². The molecule has 1 saturated heterocycles. The molecule has 1 aromatic carbocycles. The molecule has 1 fully saturated rings. The Bertz CT molecular complexity index is 325. The van der Waals surface area contributed by atoms with Gasteiger partial charge in [0.15, 0.2) is 0 Å². The summed E-state index contributed by atoms with van der Waals surface area (Å²) in [6, 6.07) is 7.50. The lowest BCUT2D eigenvalue weighted by molar-refractivity contribution is -0.337. The minimum Gasteiger partial charge on any atom is -0.324 e. The maximum Gasteiger partial charge on any atom is 0.321 e. The van der Waals surface area contributed by atoms with Gasteiger partial charge in [-0.15, -0.1) is 0 Å². The van der Waals surface area contributed by atoms with Crippen molar-refractivity contribution in [1.29, 1.82) is 0 Å². The molecular weight excluding hydrogens is 275 g/mol. The summed E-state index contributed by atoms with van der Waals surface area (Å²) in [4.78, 5) is 0. The Kier molecular flexibility index (Phi) is 3.95. The minimum absolute atomic E-state index is 0.294. The van der Waals surface area contributed by atoms with Crippen LogP contribution in [0.4, 0.5) is 4.39 Å². The number of halogens is 2. The van der Waals surface area contributed by atoms with E-state index in [9.17, 15) is 4.39 Å². The SMILES string of the molecule is FC1(OC(Br)c2ccccc2)CCCCO1. The van der Waals surface area contributed by atoms with Crippen LogP contribution in [0.3, 0.4) is 0 Å². The summed E-state index contributed by atoms with van der Waals surface area (Å²) >= 11 is 3.31. The zero-order valence-corrected chi connectivity index (χ0v) is 10.5. The Hall–Kier alpha value is -0.450. The summed E-state index contributed by atoms with van der Waals surface area (Å²) in [6.45, 7) is 0.422. The molecule has 0 bridgehead atoms. The molecular formula is C12H14BrFO2. The summed E-state index contributed by atoms with van der Waals surface area (Å²) < 4.78 is 24.4.